The highest BCUT2D eigenvalue weighted by Crippen LogP contribution is 2.26. The van der Waals surface area contributed by atoms with E-state index in [1.807, 2.05) is 40.1 Å². The van der Waals surface area contributed by atoms with E-state index in [1.165, 1.54) is 6.20 Å². The number of aromatic nitrogens is 5. The normalized spacial score (nSPS) is 11.0. The second-order valence-corrected chi connectivity index (χ2v) is 7.93. The summed E-state index contributed by atoms with van der Waals surface area (Å²) in [7, 11) is 5.74. The zero-order chi connectivity index (χ0) is 23.3. The number of anilines is 4. The molecule has 32 heavy (non-hydrogen) atoms. The van der Waals surface area contributed by atoms with Gasteiger partial charge >= 0.3 is 0 Å². The number of carbonyl (C=O) groups is 1. The maximum Gasteiger partial charge on any atom is 0.274 e. The molecule has 10 nitrogen and oxygen atoms in total. The minimum Gasteiger partial charge on any atom is -0.353 e. The number of benzene rings is 1. The van der Waals surface area contributed by atoms with Crippen LogP contribution in [0.4, 0.5) is 23.5 Å². The molecular formula is C21H28ClN9O. The fourth-order valence-electron chi connectivity index (χ4n) is 2.91. The third-order valence-corrected chi connectivity index (χ3v) is 5.06. The second-order valence-electron chi connectivity index (χ2n) is 7.52. The molecule has 0 spiro atoms. The van der Waals surface area contributed by atoms with Crippen LogP contribution < -0.4 is 16.0 Å². The lowest BCUT2D eigenvalue weighted by Crippen LogP contribution is -2.22. The van der Waals surface area contributed by atoms with Crippen molar-refractivity contribution in [1.82, 2.24) is 29.4 Å². The van der Waals surface area contributed by atoms with Gasteiger partial charge in [-0.1, -0.05) is 30.7 Å². The van der Waals surface area contributed by atoms with Crippen LogP contribution in [0.2, 0.25) is 5.02 Å². The van der Waals surface area contributed by atoms with E-state index in [4.69, 9.17) is 11.6 Å². The maximum atomic E-state index is 12.8. The van der Waals surface area contributed by atoms with Crippen molar-refractivity contribution in [2.75, 3.05) is 43.1 Å². The van der Waals surface area contributed by atoms with Crippen LogP contribution in [0.25, 0.3) is 0 Å². The molecule has 0 aliphatic heterocycles. The second kappa shape index (κ2) is 10.4. The summed E-state index contributed by atoms with van der Waals surface area (Å²) in [6.45, 7) is 5.41. The summed E-state index contributed by atoms with van der Waals surface area (Å²) >= 11 is 6.23. The summed E-state index contributed by atoms with van der Waals surface area (Å²) in [5.41, 5.74) is 1.81. The number of carbonyl (C=O) groups excluding carboxylic acids is 1. The first-order chi connectivity index (χ1) is 15.3. The van der Waals surface area contributed by atoms with Gasteiger partial charge in [0.1, 0.15) is 11.5 Å². The van der Waals surface area contributed by atoms with E-state index in [0.29, 0.717) is 53.0 Å². The first kappa shape index (κ1) is 23.4. The van der Waals surface area contributed by atoms with E-state index in [2.05, 4.69) is 40.8 Å². The van der Waals surface area contributed by atoms with Crippen LogP contribution in [0.5, 0.6) is 0 Å². The van der Waals surface area contributed by atoms with Gasteiger partial charge in [-0.05, 0) is 32.6 Å². The number of para-hydroxylation sites is 1. The van der Waals surface area contributed by atoms with Crippen LogP contribution in [0.1, 0.15) is 28.8 Å². The lowest BCUT2D eigenvalue weighted by molar-refractivity contribution is 0.101. The Bertz CT molecular complexity index is 1080. The number of imidazole rings is 1. The Morgan fingerprint density at radius 1 is 1.19 bits per heavy atom. The van der Waals surface area contributed by atoms with Crippen molar-refractivity contribution in [2.45, 2.75) is 20.3 Å². The van der Waals surface area contributed by atoms with Crippen molar-refractivity contribution in [2.24, 2.45) is 7.05 Å². The molecule has 0 saturated carbocycles. The first-order valence-electron chi connectivity index (χ1n) is 10.3. The van der Waals surface area contributed by atoms with Crippen molar-refractivity contribution in [1.29, 1.82) is 0 Å². The predicted octanol–water partition coefficient (Wildman–Crippen LogP) is 3.10. The maximum absolute atomic E-state index is 12.8. The molecule has 0 aliphatic rings. The number of amides is 1. The molecule has 0 radical (unpaired) electrons. The third kappa shape index (κ3) is 5.71. The average molecular weight is 458 g/mol. The lowest BCUT2D eigenvalue weighted by atomic mass is 10.2. The Labute approximate surface area is 192 Å². The van der Waals surface area contributed by atoms with Gasteiger partial charge in [-0.2, -0.15) is 15.0 Å². The number of rotatable bonds is 9. The van der Waals surface area contributed by atoms with E-state index in [0.717, 1.165) is 12.1 Å². The number of hydrogen-bond donors (Lipinski definition) is 3. The van der Waals surface area contributed by atoms with Gasteiger partial charge in [-0.15, -0.1) is 0 Å². The summed E-state index contributed by atoms with van der Waals surface area (Å²) in [4.78, 5) is 32.5. The molecule has 0 fully saturated rings. The zero-order valence-electron chi connectivity index (χ0n) is 18.9. The van der Waals surface area contributed by atoms with Crippen LogP contribution in [-0.4, -0.2) is 62.5 Å². The van der Waals surface area contributed by atoms with Crippen LogP contribution in [0.15, 0.2) is 24.4 Å². The van der Waals surface area contributed by atoms with Crippen LogP contribution in [-0.2, 0) is 13.5 Å². The number of likely N-dealkylation sites (N-methyl/N-ethyl adjacent to an activating group) is 1. The molecule has 1 aromatic carbocycles. The summed E-state index contributed by atoms with van der Waals surface area (Å²) in [5.74, 6) is 1.60. The van der Waals surface area contributed by atoms with Crippen molar-refractivity contribution in [3.05, 3.63) is 46.5 Å². The van der Waals surface area contributed by atoms with Crippen molar-refractivity contribution >= 4 is 41.0 Å². The van der Waals surface area contributed by atoms with Crippen LogP contribution in [0, 0.1) is 6.92 Å². The molecule has 2 heterocycles. The molecule has 1 amide bonds. The number of aryl methyl sites for hydroxylation is 2. The highest BCUT2D eigenvalue weighted by Gasteiger charge is 2.17. The topological polar surface area (TPSA) is 113 Å². The molecule has 170 valence electrons. The van der Waals surface area contributed by atoms with E-state index >= 15 is 0 Å². The molecule has 0 bridgehead atoms. The van der Waals surface area contributed by atoms with E-state index in [1.54, 1.807) is 17.7 Å². The van der Waals surface area contributed by atoms with Crippen molar-refractivity contribution in [3.63, 3.8) is 0 Å². The monoisotopic (exact) mass is 457 g/mol. The summed E-state index contributed by atoms with van der Waals surface area (Å²) < 4.78 is 1.63. The minimum atomic E-state index is -0.319. The molecule has 0 unspecified atom stereocenters. The van der Waals surface area contributed by atoms with Crippen molar-refractivity contribution in [3.8, 4) is 0 Å². The SMILES string of the molecule is CCc1nc(NCCN(C)C)nc(Nc2ncc(C(=O)Nc3c(C)cccc3Cl)n2C)n1. The summed E-state index contributed by atoms with van der Waals surface area (Å²) in [6.07, 6.45) is 2.15. The molecule has 3 N–H and O–H groups in total. The Kier molecular flexibility index (Phi) is 7.60. The summed E-state index contributed by atoms with van der Waals surface area (Å²) in [5, 5.41) is 9.62. The highest BCUT2D eigenvalue weighted by molar-refractivity contribution is 6.34. The average Bonchev–Trinajstić information content (AvgIpc) is 3.10. The third-order valence-electron chi connectivity index (χ3n) is 4.74. The molecular weight excluding hydrogens is 430 g/mol. The molecule has 0 saturated heterocycles. The number of nitrogens with zero attached hydrogens (tertiary/aromatic N) is 6. The molecule has 0 atom stereocenters. The van der Waals surface area contributed by atoms with Crippen molar-refractivity contribution < 1.29 is 4.79 Å². The highest BCUT2D eigenvalue weighted by atomic mass is 35.5. The van der Waals surface area contributed by atoms with Gasteiger partial charge < -0.3 is 20.1 Å². The molecule has 3 aromatic rings. The van der Waals surface area contributed by atoms with E-state index < -0.39 is 0 Å². The van der Waals surface area contributed by atoms with Gasteiger partial charge in [-0.3, -0.25) is 10.1 Å². The van der Waals surface area contributed by atoms with Crippen LogP contribution >= 0.6 is 11.6 Å². The largest absolute Gasteiger partial charge is 0.353 e. The zero-order valence-corrected chi connectivity index (χ0v) is 19.7. The van der Waals surface area contributed by atoms with Gasteiger partial charge in [-0.25, -0.2) is 4.98 Å². The quantitative estimate of drug-likeness (QED) is 0.449. The summed E-state index contributed by atoms with van der Waals surface area (Å²) in [6, 6.07) is 5.45. The number of halogens is 1. The van der Waals surface area contributed by atoms with Gasteiger partial charge in [0.2, 0.25) is 17.8 Å². The Balaban J connectivity index is 1.77. The Morgan fingerprint density at radius 2 is 1.94 bits per heavy atom. The van der Waals surface area contributed by atoms with E-state index in [-0.39, 0.29) is 5.91 Å². The predicted molar refractivity (Wildman–Crippen MR) is 127 cm³/mol. The first-order valence-corrected chi connectivity index (χ1v) is 10.6. The van der Waals surface area contributed by atoms with E-state index in [9.17, 15) is 4.79 Å². The molecule has 0 aliphatic carbocycles. The number of nitrogens with one attached hydrogen (secondary N) is 3. The number of hydrogen-bond acceptors (Lipinski definition) is 8. The molecule has 11 heteroatoms. The lowest BCUT2D eigenvalue weighted by Gasteiger charge is -2.13. The van der Waals surface area contributed by atoms with Gasteiger partial charge in [0.05, 0.1) is 16.9 Å². The van der Waals surface area contributed by atoms with Gasteiger partial charge in [0.15, 0.2) is 0 Å². The molecule has 2 aromatic heterocycles. The van der Waals surface area contributed by atoms with Gasteiger partial charge in [0, 0.05) is 26.6 Å². The van der Waals surface area contributed by atoms with Gasteiger partial charge in [0.25, 0.3) is 5.91 Å². The van der Waals surface area contributed by atoms with Crippen LogP contribution in [0.3, 0.4) is 0 Å². The Morgan fingerprint density at radius 3 is 2.62 bits per heavy atom. The molecule has 3 rings (SSSR count). The fraction of sp³-hybridized carbons (Fsp3) is 0.381. The standard InChI is InChI=1S/C21H28ClN9O/c1-6-16-25-19(23-10-11-30(3)4)28-20(26-16)29-21-24-12-15(31(21)5)18(32)27-17-13(2)8-7-9-14(17)22/h7-9,12H,6,10-11H2,1-5H3,(H,27,32)(H2,23,24,25,26,28,29). The Hall–Kier alpha value is -3.24. The smallest absolute Gasteiger partial charge is 0.274 e. The fourth-order valence-corrected chi connectivity index (χ4v) is 3.18. The minimum absolute atomic E-state index is 0.319.